The first-order valence-corrected chi connectivity index (χ1v) is 13.0. The normalized spacial score (nSPS) is 17.3. The second kappa shape index (κ2) is 9.91. The van der Waals surface area contributed by atoms with Crippen LogP contribution < -0.4 is 30.1 Å². The third kappa shape index (κ3) is 4.41. The van der Waals surface area contributed by atoms with E-state index in [1.54, 1.807) is 7.11 Å². The fourth-order valence-corrected chi connectivity index (χ4v) is 7.14. The van der Waals surface area contributed by atoms with Crippen molar-refractivity contribution in [3.05, 3.63) is 97.1 Å². The maximum absolute atomic E-state index is 6.58. The van der Waals surface area contributed by atoms with Crippen LogP contribution in [0.1, 0.15) is 20.3 Å². The first-order valence-electron chi connectivity index (χ1n) is 11.7. The largest absolute Gasteiger partial charge is 0.496 e. The van der Waals surface area contributed by atoms with Gasteiger partial charge in [0.1, 0.15) is 17.2 Å². The van der Waals surface area contributed by atoms with E-state index in [0.717, 1.165) is 34.8 Å². The van der Waals surface area contributed by atoms with Gasteiger partial charge in [0.2, 0.25) is 0 Å². The van der Waals surface area contributed by atoms with Gasteiger partial charge in [0.05, 0.1) is 24.9 Å². The highest BCUT2D eigenvalue weighted by Crippen LogP contribution is 2.48. The molecule has 1 aliphatic heterocycles. The van der Waals surface area contributed by atoms with Crippen molar-refractivity contribution < 1.29 is 14.2 Å². The molecule has 5 rings (SSSR count). The molecule has 0 saturated heterocycles. The number of methoxy groups -OCH3 is 1. The van der Waals surface area contributed by atoms with E-state index in [1.807, 2.05) is 18.2 Å². The molecule has 172 valence electrons. The molecule has 2 atom stereocenters. The van der Waals surface area contributed by atoms with Crippen LogP contribution in [-0.4, -0.2) is 19.3 Å². The van der Waals surface area contributed by atoms with E-state index in [-0.39, 0.29) is 12.2 Å². The third-order valence-electron chi connectivity index (χ3n) is 6.05. The molecule has 0 bridgehead atoms. The maximum atomic E-state index is 6.58. The van der Waals surface area contributed by atoms with Gasteiger partial charge in [0.25, 0.3) is 0 Å². The summed E-state index contributed by atoms with van der Waals surface area (Å²) in [7, 11) is 0.869. The second-order valence-electron chi connectivity index (χ2n) is 8.58. The number of hydrogen-bond donors (Lipinski definition) is 0. The van der Waals surface area contributed by atoms with Crippen molar-refractivity contribution in [1.29, 1.82) is 0 Å². The lowest BCUT2D eigenvalue weighted by Gasteiger charge is -2.26. The number of ether oxygens (including phenoxy) is 3. The van der Waals surface area contributed by atoms with Gasteiger partial charge in [0.15, 0.2) is 0 Å². The van der Waals surface area contributed by atoms with E-state index in [4.69, 9.17) is 14.2 Å². The highest BCUT2D eigenvalue weighted by atomic mass is 31.1. The first-order chi connectivity index (χ1) is 16.7. The molecule has 4 aromatic carbocycles. The zero-order chi connectivity index (χ0) is 23.5. The van der Waals surface area contributed by atoms with Gasteiger partial charge in [-0.1, -0.05) is 78.9 Å². The van der Waals surface area contributed by atoms with Crippen molar-refractivity contribution in [3.63, 3.8) is 0 Å². The molecule has 1 aliphatic rings. The molecule has 4 aromatic rings. The van der Waals surface area contributed by atoms with Gasteiger partial charge in [-0.3, -0.25) is 0 Å². The molecule has 0 aromatic heterocycles. The van der Waals surface area contributed by atoms with Crippen LogP contribution in [0.15, 0.2) is 97.1 Å². The number of fused-ring (bicyclic) bond motifs is 3. The quantitative estimate of drug-likeness (QED) is 0.341. The predicted molar refractivity (Wildman–Crippen MR) is 142 cm³/mol. The van der Waals surface area contributed by atoms with Crippen LogP contribution in [0.3, 0.4) is 0 Å². The van der Waals surface area contributed by atoms with Crippen LogP contribution in [0, 0.1) is 0 Å². The summed E-state index contributed by atoms with van der Waals surface area (Å²) >= 11 is 0. The molecule has 34 heavy (non-hydrogen) atoms. The highest BCUT2D eigenvalue weighted by molar-refractivity contribution is 7.80. The van der Waals surface area contributed by atoms with E-state index in [9.17, 15) is 0 Å². The van der Waals surface area contributed by atoms with Gasteiger partial charge in [0, 0.05) is 12.0 Å². The molecular formula is C30H29O3P. The third-order valence-corrected chi connectivity index (χ3v) is 8.54. The lowest BCUT2D eigenvalue weighted by atomic mass is 10.0. The van der Waals surface area contributed by atoms with Gasteiger partial charge in [-0.2, -0.15) is 0 Å². The molecule has 0 amide bonds. The summed E-state index contributed by atoms with van der Waals surface area (Å²) in [5.41, 5.74) is 2.01. The van der Waals surface area contributed by atoms with E-state index in [0.29, 0.717) is 0 Å². The fraction of sp³-hybridized carbons (Fsp3) is 0.200. The summed E-state index contributed by atoms with van der Waals surface area (Å²) in [5.74, 6) is 2.48. The van der Waals surface area contributed by atoms with Crippen LogP contribution in [-0.2, 0) is 0 Å². The predicted octanol–water partition coefficient (Wildman–Crippen LogP) is 6.06. The summed E-state index contributed by atoms with van der Waals surface area (Å²) in [5, 5.41) is 3.80. The van der Waals surface area contributed by atoms with Crippen molar-refractivity contribution in [2.45, 2.75) is 32.5 Å². The Labute approximate surface area is 203 Å². The Hall–Kier alpha value is -3.29. The van der Waals surface area contributed by atoms with Crippen LogP contribution >= 0.6 is 7.92 Å². The standard InChI is InChI=1S/C30H29O3P/c1-21-20-22(2)33-27-18-11-19-28(30(27)29-25(31-3)16-10-17-26(29)32-21)34(23-12-6-4-7-13-23)24-14-8-5-9-15-24/h4-19,21-22H,20H2,1-3H3. The smallest absolute Gasteiger partial charge is 0.131 e. The Balaban J connectivity index is 1.84. The summed E-state index contributed by atoms with van der Waals surface area (Å²) in [6.45, 7) is 4.21. The summed E-state index contributed by atoms with van der Waals surface area (Å²) in [6.07, 6.45) is 0.833. The Bertz CT molecular complexity index is 1220. The number of hydrogen-bond acceptors (Lipinski definition) is 3. The van der Waals surface area contributed by atoms with Crippen molar-refractivity contribution in [2.75, 3.05) is 7.11 Å². The van der Waals surface area contributed by atoms with Crippen molar-refractivity contribution in [3.8, 4) is 28.4 Å². The SMILES string of the molecule is COc1cccc2c1-c1c(cccc1P(c1ccccc1)c1ccccc1)OC(C)CC(C)O2. The first kappa shape index (κ1) is 22.5. The monoisotopic (exact) mass is 468 g/mol. The second-order valence-corrected chi connectivity index (χ2v) is 10.8. The zero-order valence-corrected chi connectivity index (χ0v) is 20.7. The Morgan fingerprint density at radius 1 is 0.647 bits per heavy atom. The van der Waals surface area contributed by atoms with E-state index in [2.05, 4.69) is 92.7 Å². The van der Waals surface area contributed by atoms with Crippen LogP contribution in [0.4, 0.5) is 0 Å². The molecule has 2 unspecified atom stereocenters. The molecule has 0 N–H and O–H groups in total. The summed E-state index contributed by atoms with van der Waals surface area (Å²) in [6, 6.07) is 33.9. The van der Waals surface area contributed by atoms with Crippen LogP contribution in [0.5, 0.6) is 17.2 Å². The van der Waals surface area contributed by atoms with E-state index < -0.39 is 7.92 Å². The minimum Gasteiger partial charge on any atom is -0.496 e. The molecule has 0 fully saturated rings. The molecule has 0 radical (unpaired) electrons. The minimum atomic E-state index is -0.848. The molecule has 0 saturated carbocycles. The minimum absolute atomic E-state index is 0.0170. The molecule has 3 nitrogen and oxygen atoms in total. The summed E-state index contributed by atoms with van der Waals surface area (Å²) in [4.78, 5) is 0. The number of benzene rings is 4. The molecule has 1 heterocycles. The Morgan fingerprint density at radius 3 is 1.74 bits per heavy atom. The van der Waals surface area contributed by atoms with E-state index in [1.165, 1.54) is 15.9 Å². The Morgan fingerprint density at radius 2 is 1.18 bits per heavy atom. The lowest BCUT2D eigenvalue weighted by molar-refractivity contribution is 0.134. The maximum Gasteiger partial charge on any atom is 0.131 e. The average molecular weight is 469 g/mol. The zero-order valence-electron chi connectivity index (χ0n) is 19.8. The highest BCUT2D eigenvalue weighted by Gasteiger charge is 2.29. The molecule has 4 heteroatoms. The summed E-state index contributed by atoms with van der Waals surface area (Å²) < 4.78 is 18.9. The van der Waals surface area contributed by atoms with Gasteiger partial charge < -0.3 is 14.2 Å². The van der Waals surface area contributed by atoms with Gasteiger partial charge in [-0.05, 0) is 55.9 Å². The average Bonchev–Trinajstić information content (AvgIpc) is 2.90. The molecule has 0 aliphatic carbocycles. The van der Waals surface area contributed by atoms with Gasteiger partial charge in [-0.25, -0.2) is 0 Å². The van der Waals surface area contributed by atoms with Crippen LogP contribution in [0.2, 0.25) is 0 Å². The fourth-order valence-electron chi connectivity index (χ4n) is 4.66. The topological polar surface area (TPSA) is 27.7 Å². The molecule has 0 spiro atoms. The Kier molecular flexibility index (Phi) is 6.56. The number of rotatable bonds is 4. The lowest BCUT2D eigenvalue weighted by Crippen LogP contribution is -2.23. The van der Waals surface area contributed by atoms with Crippen molar-refractivity contribution >= 4 is 23.8 Å². The van der Waals surface area contributed by atoms with Gasteiger partial charge in [-0.15, -0.1) is 0 Å². The van der Waals surface area contributed by atoms with Gasteiger partial charge >= 0.3 is 0 Å². The molecular weight excluding hydrogens is 439 g/mol. The van der Waals surface area contributed by atoms with E-state index >= 15 is 0 Å². The van der Waals surface area contributed by atoms with Crippen molar-refractivity contribution in [2.24, 2.45) is 0 Å². The van der Waals surface area contributed by atoms with Crippen LogP contribution in [0.25, 0.3) is 11.1 Å². The van der Waals surface area contributed by atoms with Crippen molar-refractivity contribution in [1.82, 2.24) is 0 Å².